The standard InChI is InChI=1S/C14H10BrClO2/c1-9-6-12(4-5-13(9)15)18-14-7-11(16)3-2-10(14)8-17/h2-8H,1H3. The van der Waals surface area contributed by atoms with Crippen molar-refractivity contribution >= 4 is 33.8 Å². The molecular weight excluding hydrogens is 316 g/mol. The van der Waals surface area contributed by atoms with Crippen LogP contribution >= 0.6 is 27.5 Å². The lowest BCUT2D eigenvalue weighted by molar-refractivity contribution is 0.112. The van der Waals surface area contributed by atoms with E-state index in [4.69, 9.17) is 16.3 Å². The summed E-state index contributed by atoms with van der Waals surface area (Å²) < 4.78 is 6.69. The smallest absolute Gasteiger partial charge is 0.153 e. The highest BCUT2D eigenvalue weighted by Crippen LogP contribution is 2.29. The molecule has 2 aromatic carbocycles. The SMILES string of the molecule is Cc1cc(Oc2cc(Cl)ccc2C=O)ccc1Br. The molecule has 0 bridgehead atoms. The molecule has 2 rings (SSSR count). The van der Waals surface area contributed by atoms with Crippen LogP contribution in [-0.2, 0) is 0 Å². The van der Waals surface area contributed by atoms with E-state index in [1.165, 1.54) is 0 Å². The lowest BCUT2D eigenvalue weighted by Gasteiger charge is -2.09. The molecule has 92 valence electrons. The Labute approximate surface area is 119 Å². The maximum atomic E-state index is 10.9. The first kappa shape index (κ1) is 13.1. The van der Waals surface area contributed by atoms with Crippen molar-refractivity contribution in [3.05, 3.63) is 57.0 Å². The molecule has 0 aliphatic carbocycles. The van der Waals surface area contributed by atoms with Gasteiger partial charge in [-0.3, -0.25) is 4.79 Å². The fraction of sp³-hybridized carbons (Fsp3) is 0.0714. The zero-order valence-electron chi connectivity index (χ0n) is 9.61. The molecule has 0 N–H and O–H groups in total. The van der Waals surface area contributed by atoms with E-state index in [1.54, 1.807) is 18.2 Å². The number of halogens is 2. The van der Waals surface area contributed by atoms with Crippen molar-refractivity contribution in [1.29, 1.82) is 0 Å². The molecule has 0 radical (unpaired) electrons. The Balaban J connectivity index is 2.35. The third kappa shape index (κ3) is 2.92. The molecule has 0 spiro atoms. The summed E-state index contributed by atoms with van der Waals surface area (Å²) in [7, 11) is 0. The molecule has 4 heteroatoms. The Morgan fingerprint density at radius 3 is 2.67 bits per heavy atom. The molecule has 2 aromatic rings. The van der Waals surface area contributed by atoms with Gasteiger partial charge in [0.25, 0.3) is 0 Å². The molecule has 2 nitrogen and oxygen atoms in total. The lowest BCUT2D eigenvalue weighted by Crippen LogP contribution is -1.91. The molecule has 0 unspecified atom stereocenters. The highest BCUT2D eigenvalue weighted by atomic mass is 79.9. The summed E-state index contributed by atoms with van der Waals surface area (Å²) in [5.41, 5.74) is 1.53. The molecule has 0 amide bonds. The fourth-order valence-electron chi connectivity index (χ4n) is 1.50. The molecule has 0 aromatic heterocycles. The number of carbonyl (C=O) groups is 1. The third-order valence-electron chi connectivity index (χ3n) is 2.46. The number of rotatable bonds is 3. The van der Waals surface area contributed by atoms with Crippen molar-refractivity contribution < 1.29 is 9.53 Å². The van der Waals surface area contributed by atoms with Gasteiger partial charge in [-0.05, 0) is 42.8 Å². The topological polar surface area (TPSA) is 26.3 Å². The van der Waals surface area contributed by atoms with Crippen molar-refractivity contribution in [3.63, 3.8) is 0 Å². The Hall–Kier alpha value is -1.32. The molecule has 0 fully saturated rings. The molecule has 0 atom stereocenters. The normalized spacial score (nSPS) is 10.2. The lowest BCUT2D eigenvalue weighted by atomic mass is 10.2. The van der Waals surface area contributed by atoms with Crippen LogP contribution < -0.4 is 4.74 Å². The molecule has 0 heterocycles. The molecule has 0 saturated heterocycles. The van der Waals surface area contributed by atoms with Crippen LogP contribution in [0.25, 0.3) is 0 Å². The second-order valence-electron chi connectivity index (χ2n) is 3.81. The summed E-state index contributed by atoms with van der Waals surface area (Å²) in [4.78, 5) is 10.9. The van der Waals surface area contributed by atoms with E-state index in [-0.39, 0.29) is 0 Å². The first-order valence-electron chi connectivity index (χ1n) is 5.29. The average Bonchev–Trinajstić information content (AvgIpc) is 2.34. The van der Waals surface area contributed by atoms with Gasteiger partial charge in [0, 0.05) is 15.6 Å². The summed E-state index contributed by atoms with van der Waals surface area (Å²) in [6, 6.07) is 10.5. The van der Waals surface area contributed by atoms with Gasteiger partial charge in [-0.15, -0.1) is 0 Å². The zero-order valence-corrected chi connectivity index (χ0v) is 12.0. The third-order valence-corrected chi connectivity index (χ3v) is 3.58. The first-order valence-corrected chi connectivity index (χ1v) is 6.46. The van der Waals surface area contributed by atoms with E-state index in [2.05, 4.69) is 15.9 Å². The monoisotopic (exact) mass is 324 g/mol. The van der Waals surface area contributed by atoms with Gasteiger partial charge >= 0.3 is 0 Å². The maximum Gasteiger partial charge on any atom is 0.153 e. The molecule has 0 aliphatic heterocycles. The Kier molecular flexibility index (Phi) is 4.04. The minimum absolute atomic E-state index is 0.458. The Bertz CT molecular complexity index is 596. The predicted octanol–water partition coefficient (Wildman–Crippen LogP) is 5.02. The number of aryl methyl sites for hydroxylation is 1. The van der Waals surface area contributed by atoms with Crippen LogP contribution in [-0.4, -0.2) is 6.29 Å². The van der Waals surface area contributed by atoms with Crippen molar-refractivity contribution in [2.75, 3.05) is 0 Å². The van der Waals surface area contributed by atoms with Gasteiger partial charge in [0.15, 0.2) is 6.29 Å². The molecule has 0 aliphatic rings. The Morgan fingerprint density at radius 2 is 2.00 bits per heavy atom. The number of hydrogen-bond donors (Lipinski definition) is 0. The number of benzene rings is 2. The zero-order chi connectivity index (χ0) is 13.1. The van der Waals surface area contributed by atoms with Crippen molar-refractivity contribution in [1.82, 2.24) is 0 Å². The van der Waals surface area contributed by atoms with Gasteiger partial charge in [0.1, 0.15) is 11.5 Å². The van der Waals surface area contributed by atoms with Crippen molar-refractivity contribution in [2.45, 2.75) is 6.92 Å². The number of carbonyl (C=O) groups excluding carboxylic acids is 1. The van der Waals surface area contributed by atoms with E-state index in [0.29, 0.717) is 22.1 Å². The van der Waals surface area contributed by atoms with Gasteiger partial charge < -0.3 is 4.74 Å². The van der Waals surface area contributed by atoms with Crippen LogP contribution in [0.4, 0.5) is 0 Å². The molecule has 0 saturated carbocycles. The summed E-state index contributed by atoms with van der Waals surface area (Å²) in [5.74, 6) is 1.13. The van der Waals surface area contributed by atoms with Crippen LogP contribution in [0.2, 0.25) is 5.02 Å². The highest BCUT2D eigenvalue weighted by Gasteiger charge is 2.06. The van der Waals surface area contributed by atoms with E-state index < -0.39 is 0 Å². The van der Waals surface area contributed by atoms with Gasteiger partial charge in [0.05, 0.1) is 5.56 Å². The van der Waals surface area contributed by atoms with Gasteiger partial charge in [0.2, 0.25) is 0 Å². The van der Waals surface area contributed by atoms with Crippen LogP contribution in [0.3, 0.4) is 0 Å². The largest absolute Gasteiger partial charge is 0.457 e. The summed E-state index contributed by atoms with van der Waals surface area (Å²) in [6.07, 6.45) is 0.747. The molecule has 18 heavy (non-hydrogen) atoms. The summed E-state index contributed by atoms with van der Waals surface area (Å²) in [5, 5.41) is 0.532. The maximum absolute atomic E-state index is 10.9. The van der Waals surface area contributed by atoms with E-state index >= 15 is 0 Å². The van der Waals surface area contributed by atoms with Gasteiger partial charge in [-0.1, -0.05) is 27.5 Å². The quantitative estimate of drug-likeness (QED) is 0.741. The van der Waals surface area contributed by atoms with Crippen LogP contribution in [0.1, 0.15) is 15.9 Å². The van der Waals surface area contributed by atoms with Crippen LogP contribution in [0.5, 0.6) is 11.5 Å². The van der Waals surface area contributed by atoms with Gasteiger partial charge in [-0.2, -0.15) is 0 Å². The average molecular weight is 326 g/mol. The minimum atomic E-state index is 0.458. The molecular formula is C14H10BrClO2. The second kappa shape index (κ2) is 5.55. The highest BCUT2D eigenvalue weighted by molar-refractivity contribution is 9.10. The predicted molar refractivity (Wildman–Crippen MR) is 75.8 cm³/mol. The van der Waals surface area contributed by atoms with E-state index in [1.807, 2.05) is 25.1 Å². The van der Waals surface area contributed by atoms with Gasteiger partial charge in [-0.25, -0.2) is 0 Å². The van der Waals surface area contributed by atoms with E-state index in [9.17, 15) is 4.79 Å². The van der Waals surface area contributed by atoms with Crippen LogP contribution in [0.15, 0.2) is 40.9 Å². The Morgan fingerprint density at radius 1 is 1.22 bits per heavy atom. The van der Waals surface area contributed by atoms with E-state index in [0.717, 1.165) is 16.3 Å². The second-order valence-corrected chi connectivity index (χ2v) is 5.10. The summed E-state index contributed by atoms with van der Waals surface area (Å²) >= 11 is 9.31. The number of aldehydes is 1. The summed E-state index contributed by atoms with van der Waals surface area (Å²) in [6.45, 7) is 1.97. The first-order chi connectivity index (χ1) is 8.60. The fourth-order valence-corrected chi connectivity index (χ4v) is 1.91. The van der Waals surface area contributed by atoms with Crippen molar-refractivity contribution in [2.24, 2.45) is 0 Å². The van der Waals surface area contributed by atoms with Crippen LogP contribution in [0, 0.1) is 6.92 Å². The van der Waals surface area contributed by atoms with Crippen molar-refractivity contribution in [3.8, 4) is 11.5 Å². The minimum Gasteiger partial charge on any atom is -0.457 e. The number of ether oxygens (including phenoxy) is 1. The number of hydrogen-bond acceptors (Lipinski definition) is 2.